The molecule has 1 amide bonds. The van der Waals surface area contributed by atoms with Crippen LogP contribution in [0.4, 0.5) is 14.8 Å². The van der Waals surface area contributed by atoms with Gasteiger partial charge in [-0.25, -0.2) is 18.7 Å². The van der Waals surface area contributed by atoms with E-state index in [1.165, 1.54) is 42.7 Å². The molecule has 174 valence electrons. The average Bonchev–Trinajstić information content (AvgIpc) is 3.25. The third-order valence-corrected chi connectivity index (χ3v) is 6.22. The number of benzene rings is 2. The second-order valence-corrected chi connectivity index (χ2v) is 8.43. The molecule has 0 bridgehead atoms. The maximum Gasteiger partial charge on any atom is 0.295 e. The smallest absolute Gasteiger partial charge is 0.295 e. The van der Waals surface area contributed by atoms with Crippen LogP contribution in [-0.4, -0.2) is 44.9 Å². The van der Waals surface area contributed by atoms with E-state index in [9.17, 15) is 13.6 Å². The lowest BCUT2D eigenvalue weighted by atomic mass is 9.89. The lowest BCUT2D eigenvalue weighted by Gasteiger charge is -2.40. The van der Waals surface area contributed by atoms with Crippen molar-refractivity contribution in [2.45, 2.75) is 25.8 Å². The van der Waals surface area contributed by atoms with Gasteiger partial charge in [0.25, 0.3) is 11.9 Å². The Kier molecular flexibility index (Phi) is 5.91. The molecule has 0 spiro atoms. The summed E-state index contributed by atoms with van der Waals surface area (Å²) >= 11 is 0. The van der Waals surface area contributed by atoms with Gasteiger partial charge in [0.15, 0.2) is 11.4 Å². The van der Waals surface area contributed by atoms with E-state index < -0.39 is 11.6 Å². The van der Waals surface area contributed by atoms with Gasteiger partial charge in [-0.05, 0) is 49.1 Å². The fourth-order valence-electron chi connectivity index (χ4n) is 4.49. The zero-order chi connectivity index (χ0) is 23.7. The van der Waals surface area contributed by atoms with E-state index in [1.807, 2.05) is 0 Å². The Morgan fingerprint density at radius 2 is 2.00 bits per heavy atom. The van der Waals surface area contributed by atoms with Gasteiger partial charge < -0.3 is 14.6 Å². The first-order valence-corrected chi connectivity index (χ1v) is 11.2. The lowest BCUT2D eigenvalue weighted by molar-refractivity contribution is 0.0539. The minimum Gasteiger partial charge on any atom is -0.424 e. The van der Waals surface area contributed by atoms with Crippen LogP contribution in [0.1, 0.15) is 30.1 Å². The average molecular weight is 463 g/mol. The van der Waals surface area contributed by atoms with Crippen molar-refractivity contribution in [3.8, 4) is 11.4 Å². The quantitative estimate of drug-likeness (QED) is 0.453. The number of nitrogens with zero attached hydrogens (tertiary/aromatic N) is 4. The van der Waals surface area contributed by atoms with E-state index >= 15 is 0 Å². The Hall–Kier alpha value is -3.88. The van der Waals surface area contributed by atoms with Crippen molar-refractivity contribution in [2.24, 2.45) is 5.92 Å². The van der Waals surface area contributed by atoms with Gasteiger partial charge in [-0.2, -0.15) is 4.98 Å². The van der Waals surface area contributed by atoms with Crippen LogP contribution >= 0.6 is 0 Å². The molecule has 1 aliphatic heterocycles. The highest BCUT2D eigenvalue weighted by Crippen LogP contribution is 2.30. The van der Waals surface area contributed by atoms with Gasteiger partial charge in [0, 0.05) is 31.5 Å². The summed E-state index contributed by atoms with van der Waals surface area (Å²) in [7, 11) is 0. The SMILES string of the molecule is CC1CCCN(C(=O)c2cccc(F)c2-c2ncccn2)C1CNc1nc2cc(F)ccc2o1. The normalized spacial score (nSPS) is 18.3. The minimum absolute atomic E-state index is 0.0963. The fourth-order valence-corrected chi connectivity index (χ4v) is 4.49. The number of rotatable bonds is 5. The molecule has 1 aliphatic rings. The second-order valence-electron chi connectivity index (χ2n) is 8.43. The van der Waals surface area contributed by atoms with Crippen LogP contribution in [0.3, 0.4) is 0 Å². The third kappa shape index (κ3) is 4.21. The van der Waals surface area contributed by atoms with Crippen molar-refractivity contribution < 1.29 is 18.0 Å². The van der Waals surface area contributed by atoms with E-state index in [4.69, 9.17) is 4.42 Å². The fraction of sp³-hybridized carbons (Fsp3) is 0.280. The molecule has 1 N–H and O–H groups in total. The number of oxazole rings is 1. The predicted octanol–water partition coefficient (Wildman–Crippen LogP) is 4.92. The van der Waals surface area contributed by atoms with Crippen molar-refractivity contribution >= 4 is 23.0 Å². The number of piperidine rings is 1. The van der Waals surface area contributed by atoms with Crippen molar-refractivity contribution in [1.29, 1.82) is 0 Å². The van der Waals surface area contributed by atoms with E-state index in [2.05, 4.69) is 27.2 Å². The number of carbonyl (C=O) groups is 1. The van der Waals surface area contributed by atoms with Crippen LogP contribution < -0.4 is 5.32 Å². The Balaban J connectivity index is 1.42. The molecule has 1 fully saturated rings. The molecule has 2 aromatic carbocycles. The number of aromatic nitrogens is 3. The van der Waals surface area contributed by atoms with Gasteiger partial charge in [-0.1, -0.05) is 13.0 Å². The number of amides is 1. The lowest BCUT2D eigenvalue weighted by Crippen LogP contribution is -2.51. The van der Waals surface area contributed by atoms with Crippen molar-refractivity contribution in [3.63, 3.8) is 0 Å². The molecule has 0 saturated carbocycles. The van der Waals surface area contributed by atoms with Gasteiger partial charge in [0.05, 0.1) is 17.2 Å². The van der Waals surface area contributed by atoms with Crippen molar-refractivity contribution in [2.75, 3.05) is 18.4 Å². The van der Waals surface area contributed by atoms with Gasteiger partial charge >= 0.3 is 0 Å². The largest absolute Gasteiger partial charge is 0.424 e. The molecule has 2 aromatic heterocycles. The highest BCUT2D eigenvalue weighted by molar-refractivity contribution is 6.00. The van der Waals surface area contributed by atoms with Crippen LogP contribution in [0.2, 0.25) is 0 Å². The Morgan fingerprint density at radius 1 is 1.18 bits per heavy atom. The summed E-state index contributed by atoms with van der Waals surface area (Å²) in [5, 5.41) is 3.15. The Morgan fingerprint density at radius 3 is 2.82 bits per heavy atom. The first kappa shape index (κ1) is 21.9. The van der Waals surface area contributed by atoms with Gasteiger partial charge in [-0.3, -0.25) is 4.79 Å². The summed E-state index contributed by atoms with van der Waals surface area (Å²) in [4.78, 5) is 28.1. The first-order valence-electron chi connectivity index (χ1n) is 11.2. The summed E-state index contributed by atoms with van der Waals surface area (Å²) in [6, 6.07) is 10.3. The van der Waals surface area contributed by atoms with Crippen LogP contribution in [0, 0.1) is 17.6 Å². The molecule has 0 radical (unpaired) electrons. The molecular weight excluding hydrogens is 440 g/mol. The maximum absolute atomic E-state index is 14.8. The van der Waals surface area contributed by atoms with E-state index in [0.717, 1.165) is 12.8 Å². The van der Waals surface area contributed by atoms with Crippen LogP contribution in [-0.2, 0) is 0 Å². The summed E-state index contributed by atoms with van der Waals surface area (Å²) in [5.74, 6) is -0.854. The summed E-state index contributed by atoms with van der Waals surface area (Å²) in [6.07, 6.45) is 4.83. The standard InChI is InChI=1S/C25H23F2N5O2/c1-15-5-3-12-32(20(15)14-30-25-31-19-13-16(26)8-9-21(19)34-25)24(33)17-6-2-7-18(27)22(17)23-28-10-4-11-29-23/h2,4,6-11,13,15,20H,3,5,12,14H2,1H3,(H,30,31). The van der Waals surface area contributed by atoms with Crippen molar-refractivity contribution in [3.05, 3.63) is 72.1 Å². The molecule has 1 saturated heterocycles. The van der Waals surface area contributed by atoms with Crippen LogP contribution in [0.5, 0.6) is 0 Å². The van der Waals surface area contributed by atoms with E-state index in [0.29, 0.717) is 24.2 Å². The molecule has 0 aliphatic carbocycles. The number of hydrogen-bond donors (Lipinski definition) is 1. The minimum atomic E-state index is -0.546. The number of fused-ring (bicyclic) bond motifs is 1. The molecule has 34 heavy (non-hydrogen) atoms. The zero-order valence-corrected chi connectivity index (χ0v) is 18.5. The van der Waals surface area contributed by atoms with Gasteiger partial charge in [0.1, 0.15) is 17.2 Å². The Labute approximate surface area is 194 Å². The van der Waals surface area contributed by atoms with Crippen molar-refractivity contribution in [1.82, 2.24) is 19.9 Å². The number of halogens is 2. The van der Waals surface area contributed by atoms with Crippen LogP contribution in [0.25, 0.3) is 22.5 Å². The monoisotopic (exact) mass is 463 g/mol. The highest BCUT2D eigenvalue weighted by atomic mass is 19.1. The molecule has 5 rings (SSSR count). The number of carbonyl (C=O) groups excluding carboxylic acids is 1. The molecular formula is C25H23F2N5O2. The Bertz CT molecular complexity index is 1330. The number of nitrogens with one attached hydrogen (secondary N) is 1. The summed E-state index contributed by atoms with van der Waals surface area (Å²) in [6.45, 7) is 3.01. The zero-order valence-electron chi connectivity index (χ0n) is 18.5. The number of hydrogen-bond acceptors (Lipinski definition) is 6. The van der Waals surface area contributed by atoms with E-state index in [-0.39, 0.29) is 40.8 Å². The highest BCUT2D eigenvalue weighted by Gasteiger charge is 2.34. The van der Waals surface area contributed by atoms with Gasteiger partial charge in [-0.15, -0.1) is 0 Å². The van der Waals surface area contributed by atoms with Crippen LogP contribution in [0.15, 0.2) is 59.3 Å². The molecule has 2 unspecified atom stereocenters. The topological polar surface area (TPSA) is 84.2 Å². The summed E-state index contributed by atoms with van der Waals surface area (Å²) in [5.41, 5.74) is 1.21. The summed E-state index contributed by atoms with van der Waals surface area (Å²) < 4.78 is 34.0. The second kappa shape index (κ2) is 9.17. The molecule has 7 nitrogen and oxygen atoms in total. The van der Waals surface area contributed by atoms with E-state index in [1.54, 1.807) is 17.0 Å². The molecule has 2 atom stereocenters. The number of anilines is 1. The number of likely N-dealkylation sites (tertiary alicyclic amines) is 1. The third-order valence-electron chi connectivity index (χ3n) is 6.22. The molecule has 4 aromatic rings. The predicted molar refractivity (Wildman–Crippen MR) is 123 cm³/mol. The first-order chi connectivity index (χ1) is 16.5. The maximum atomic E-state index is 14.8. The van der Waals surface area contributed by atoms with Gasteiger partial charge in [0.2, 0.25) is 0 Å². The molecule has 9 heteroatoms. The molecule has 3 heterocycles.